The van der Waals surface area contributed by atoms with E-state index >= 15 is 0 Å². The summed E-state index contributed by atoms with van der Waals surface area (Å²) in [7, 11) is 3.23. The van der Waals surface area contributed by atoms with E-state index in [1.165, 1.54) is 0 Å². The molecular weight excluding hydrogens is 294 g/mol. The number of nitrogens with one attached hydrogen (secondary N) is 1. The summed E-state index contributed by atoms with van der Waals surface area (Å²) in [5.74, 6) is 2.50. The van der Waals surface area contributed by atoms with Crippen molar-refractivity contribution in [1.82, 2.24) is 0 Å². The molecule has 0 heterocycles. The SMILES string of the molecule is COc1cccc(OCCN=C(N)Nc2ccccc2OC)c1. The number of para-hydroxylation sites is 2. The highest BCUT2D eigenvalue weighted by atomic mass is 16.5. The third kappa shape index (κ3) is 5.10. The Hall–Kier alpha value is -2.89. The van der Waals surface area contributed by atoms with Crippen LogP contribution in [0.2, 0.25) is 0 Å². The highest BCUT2D eigenvalue weighted by Gasteiger charge is 2.02. The van der Waals surface area contributed by atoms with Crippen LogP contribution in [0, 0.1) is 0 Å². The number of benzene rings is 2. The Morgan fingerprint density at radius 2 is 1.83 bits per heavy atom. The highest BCUT2D eigenvalue weighted by molar-refractivity contribution is 5.93. The topological polar surface area (TPSA) is 78.1 Å². The number of ether oxygens (including phenoxy) is 3. The van der Waals surface area contributed by atoms with Crippen molar-refractivity contribution in [3.8, 4) is 17.2 Å². The largest absolute Gasteiger partial charge is 0.497 e. The molecule has 0 radical (unpaired) electrons. The third-order valence-corrected chi connectivity index (χ3v) is 3.05. The number of nitrogens with zero attached hydrogens (tertiary/aromatic N) is 1. The number of anilines is 1. The first-order valence-corrected chi connectivity index (χ1v) is 7.19. The number of rotatable bonds is 7. The number of guanidine groups is 1. The van der Waals surface area contributed by atoms with Gasteiger partial charge in [0.25, 0.3) is 0 Å². The highest BCUT2D eigenvalue weighted by Crippen LogP contribution is 2.22. The van der Waals surface area contributed by atoms with Crippen molar-refractivity contribution in [2.24, 2.45) is 10.7 Å². The zero-order valence-corrected chi connectivity index (χ0v) is 13.3. The lowest BCUT2D eigenvalue weighted by atomic mass is 10.3. The molecule has 0 saturated carbocycles. The summed E-state index contributed by atoms with van der Waals surface area (Å²) in [6.45, 7) is 0.854. The van der Waals surface area contributed by atoms with E-state index in [1.807, 2.05) is 48.5 Å². The number of hydrogen-bond acceptors (Lipinski definition) is 4. The van der Waals surface area contributed by atoms with Crippen molar-refractivity contribution in [1.29, 1.82) is 0 Å². The molecule has 0 saturated heterocycles. The van der Waals surface area contributed by atoms with E-state index in [0.29, 0.717) is 24.9 Å². The maximum atomic E-state index is 5.86. The van der Waals surface area contributed by atoms with Crippen LogP contribution in [0.1, 0.15) is 0 Å². The molecule has 6 nitrogen and oxygen atoms in total. The molecule has 122 valence electrons. The quantitative estimate of drug-likeness (QED) is 0.466. The van der Waals surface area contributed by atoms with Crippen molar-refractivity contribution in [3.05, 3.63) is 48.5 Å². The second kappa shape index (κ2) is 8.53. The molecule has 3 N–H and O–H groups in total. The molecule has 0 aliphatic heterocycles. The van der Waals surface area contributed by atoms with Crippen LogP contribution in [0.5, 0.6) is 17.2 Å². The Morgan fingerprint density at radius 1 is 1.04 bits per heavy atom. The van der Waals surface area contributed by atoms with Crippen LogP contribution in [0.3, 0.4) is 0 Å². The van der Waals surface area contributed by atoms with Gasteiger partial charge >= 0.3 is 0 Å². The van der Waals surface area contributed by atoms with Gasteiger partial charge in [0.2, 0.25) is 0 Å². The molecule has 0 aliphatic carbocycles. The number of hydrogen-bond donors (Lipinski definition) is 2. The summed E-state index contributed by atoms with van der Waals surface area (Å²) in [4.78, 5) is 4.22. The summed E-state index contributed by atoms with van der Waals surface area (Å²) in [5.41, 5.74) is 6.63. The maximum Gasteiger partial charge on any atom is 0.193 e. The predicted molar refractivity (Wildman–Crippen MR) is 91.6 cm³/mol. The molecule has 0 bridgehead atoms. The first kappa shape index (κ1) is 16.5. The Morgan fingerprint density at radius 3 is 2.61 bits per heavy atom. The van der Waals surface area contributed by atoms with Crippen LogP contribution in [0.25, 0.3) is 0 Å². The number of methoxy groups -OCH3 is 2. The van der Waals surface area contributed by atoms with Crippen molar-refractivity contribution in [3.63, 3.8) is 0 Å². The Balaban J connectivity index is 1.83. The molecule has 0 aliphatic rings. The first-order chi connectivity index (χ1) is 11.2. The summed E-state index contributed by atoms with van der Waals surface area (Å²) in [6, 6.07) is 14.9. The van der Waals surface area contributed by atoms with Gasteiger partial charge in [-0.3, -0.25) is 0 Å². The smallest absolute Gasteiger partial charge is 0.193 e. The lowest BCUT2D eigenvalue weighted by Gasteiger charge is -2.10. The minimum atomic E-state index is 0.309. The van der Waals surface area contributed by atoms with Gasteiger partial charge in [0.1, 0.15) is 23.9 Å². The van der Waals surface area contributed by atoms with Crippen molar-refractivity contribution in [2.75, 3.05) is 32.7 Å². The Bertz CT molecular complexity index is 659. The van der Waals surface area contributed by atoms with Gasteiger partial charge in [-0.25, -0.2) is 4.99 Å². The predicted octanol–water partition coefficient (Wildman–Crippen LogP) is 2.51. The number of nitrogens with two attached hydrogens (primary N) is 1. The summed E-state index contributed by atoms with van der Waals surface area (Å²) in [6.07, 6.45) is 0. The van der Waals surface area contributed by atoms with Gasteiger partial charge in [0, 0.05) is 6.07 Å². The molecule has 2 aromatic carbocycles. The average Bonchev–Trinajstić information content (AvgIpc) is 2.59. The lowest BCUT2D eigenvalue weighted by Crippen LogP contribution is -2.23. The van der Waals surface area contributed by atoms with Gasteiger partial charge in [0.15, 0.2) is 5.96 Å². The third-order valence-electron chi connectivity index (χ3n) is 3.05. The van der Waals surface area contributed by atoms with E-state index in [1.54, 1.807) is 14.2 Å². The molecule has 0 unspecified atom stereocenters. The van der Waals surface area contributed by atoms with E-state index in [9.17, 15) is 0 Å². The molecule has 0 atom stereocenters. The van der Waals surface area contributed by atoms with Gasteiger partial charge in [0.05, 0.1) is 26.5 Å². The molecule has 2 rings (SSSR count). The van der Waals surface area contributed by atoms with E-state index < -0.39 is 0 Å². The van der Waals surface area contributed by atoms with Gasteiger partial charge in [-0.05, 0) is 24.3 Å². The van der Waals surface area contributed by atoms with Crippen LogP contribution in [-0.2, 0) is 0 Å². The van der Waals surface area contributed by atoms with E-state index in [4.69, 9.17) is 19.9 Å². The van der Waals surface area contributed by atoms with Gasteiger partial charge < -0.3 is 25.3 Å². The fraction of sp³-hybridized carbons (Fsp3) is 0.235. The minimum absolute atomic E-state index is 0.309. The summed E-state index contributed by atoms with van der Waals surface area (Å²) < 4.78 is 16.0. The Labute approximate surface area is 135 Å². The number of aliphatic imine (C=N–C) groups is 1. The molecular formula is C17H21N3O3. The maximum absolute atomic E-state index is 5.86. The van der Waals surface area contributed by atoms with E-state index in [0.717, 1.165) is 17.2 Å². The van der Waals surface area contributed by atoms with Crippen molar-refractivity contribution >= 4 is 11.6 Å². The molecule has 2 aromatic rings. The monoisotopic (exact) mass is 315 g/mol. The fourth-order valence-corrected chi connectivity index (χ4v) is 1.95. The summed E-state index contributed by atoms with van der Waals surface area (Å²) >= 11 is 0. The second-order valence-corrected chi connectivity index (χ2v) is 4.62. The van der Waals surface area contributed by atoms with Gasteiger partial charge in [-0.1, -0.05) is 18.2 Å². The van der Waals surface area contributed by atoms with Crippen LogP contribution in [0.15, 0.2) is 53.5 Å². The van der Waals surface area contributed by atoms with Crippen molar-refractivity contribution in [2.45, 2.75) is 0 Å². The van der Waals surface area contributed by atoms with Gasteiger partial charge in [-0.15, -0.1) is 0 Å². The lowest BCUT2D eigenvalue weighted by molar-refractivity contribution is 0.325. The zero-order chi connectivity index (χ0) is 16.5. The molecule has 23 heavy (non-hydrogen) atoms. The van der Waals surface area contributed by atoms with E-state index in [2.05, 4.69) is 10.3 Å². The molecule has 0 fully saturated rings. The molecule has 6 heteroatoms. The standard InChI is InChI=1S/C17H21N3O3/c1-21-13-6-5-7-14(12-13)23-11-10-19-17(18)20-15-8-3-4-9-16(15)22-2/h3-9,12H,10-11H2,1-2H3,(H3,18,19,20). The zero-order valence-electron chi connectivity index (χ0n) is 13.3. The van der Waals surface area contributed by atoms with Crippen LogP contribution in [-0.4, -0.2) is 33.3 Å². The minimum Gasteiger partial charge on any atom is -0.497 e. The second-order valence-electron chi connectivity index (χ2n) is 4.62. The van der Waals surface area contributed by atoms with Crippen LogP contribution < -0.4 is 25.3 Å². The Kier molecular flexibility index (Phi) is 6.11. The molecule has 0 amide bonds. The average molecular weight is 315 g/mol. The van der Waals surface area contributed by atoms with E-state index in [-0.39, 0.29) is 0 Å². The molecule has 0 spiro atoms. The molecule has 0 aromatic heterocycles. The normalized spacial score (nSPS) is 11.0. The summed E-state index contributed by atoms with van der Waals surface area (Å²) in [5, 5.41) is 3.01. The van der Waals surface area contributed by atoms with Crippen molar-refractivity contribution < 1.29 is 14.2 Å². The first-order valence-electron chi connectivity index (χ1n) is 7.19. The van der Waals surface area contributed by atoms with Crippen LogP contribution in [0.4, 0.5) is 5.69 Å². The fourth-order valence-electron chi connectivity index (χ4n) is 1.95. The van der Waals surface area contributed by atoms with Crippen LogP contribution >= 0.6 is 0 Å². The van der Waals surface area contributed by atoms with Gasteiger partial charge in [-0.2, -0.15) is 0 Å².